The van der Waals surface area contributed by atoms with Gasteiger partial charge in [0.25, 0.3) is 5.91 Å². The molecule has 0 heterocycles. The summed E-state index contributed by atoms with van der Waals surface area (Å²) in [6, 6.07) is 6.95. The van der Waals surface area contributed by atoms with E-state index in [2.05, 4.69) is 10.3 Å². The van der Waals surface area contributed by atoms with Gasteiger partial charge >= 0.3 is 6.18 Å². The molecule has 0 aliphatic heterocycles. The van der Waals surface area contributed by atoms with Gasteiger partial charge in [0.15, 0.2) is 5.60 Å². The third kappa shape index (κ3) is 6.12. The van der Waals surface area contributed by atoms with Crippen molar-refractivity contribution in [1.29, 1.82) is 0 Å². The van der Waals surface area contributed by atoms with Gasteiger partial charge < -0.3 is 15.2 Å². The van der Waals surface area contributed by atoms with Crippen molar-refractivity contribution in [3.05, 3.63) is 52.0 Å². The summed E-state index contributed by atoms with van der Waals surface area (Å²) in [5.74, 6) is -0.781. The van der Waals surface area contributed by atoms with Crippen LogP contribution in [0.2, 0.25) is 10.0 Å². The molecule has 2 aromatic rings. The first-order chi connectivity index (χ1) is 13.4. The third-order valence-electron chi connectivity index (χ3n) is 3.64. The van der Waals surface area contributed by atoms with Crippen molar-refractivity contribution >= 4 is 40.5 Å². The molecule has 1 unspecified atom stereocenters. The Kier molecular flexibility index (Phi) is 7.20. The summed E-state index contributed by atoms with van der Waals surface area (Å²) in [5, 5.41) is 21.3. The molecule has 0 aromatic heterocycles. The largest absolute Gasteiger partial charge is 0.490 e. The van der Waals surface area contributed by atoms with E-state index in [1.54, 1.807) is 5.48 Å². The highest BCUT2D eigenvalue weighted by Gasteiger charge is 2.35. The molecule has 0 saturated heterocycles. The topological polar surface area (TPSA) is 100 Å². The Morgan fingerprint density at radius 1 is 1.14 bits per heavy atom. The second-order valence-electron chi connectivity index (χ2n) is 6.04. The van der Waals surface area contributed by atoms with Crippen molar-refractivity contribution in [3.8, 4) is 5.75 Å². The van der Waals surface area contributed by atoms with Crippen LogP contribution in [0.15, 0.2) is 36.4 Å². The molecular formula is C17H15Cl2F3N2O5. The lowest BCUT2D eigenvalue weighted by Crippen LogP contribution is -2.45. The summed E-state index contributed by atoms with van der Waals surface area (Å²) in [6.07, 6.45) is -4.80. The number of alkyl halides is 3. The first-order valence-electron chi connectivity index (χ1n) is 7.83. The number of aliphatic hydroxyl groups is 1. The van der Waals surface area contributed by atoms with Crippen LogP contribution in [0, 0.1) is 0 Å². The molecule has 12 heteroatoms. The Hall–Kier alpha value is -2.24. The molecule has 0 fully saturated rings. The number of hydrogen-bond acceptors (Lipinski definition) is 6. The first kappa shape index (κ1) is 23.0. The Labute approximate surface area is 172 Å². The van der Waals surface area contributed by atoms with Crippen LogP contribution in [0.3, 0.4) is 0 Å². The minimum atomic E-state index is -4.80. The van der Waals surface area contributed by atoms with E-state index in [-0.39, 0.29) is 21.5 Å². The molecule has 158 valence electrons. The summed E-state index contributed by atoms with van der Waals surface area (Å²) in [7, 11) is 0. The normalized spacial score (nSPS) is 13.5. The number of carbonyl (C=O) groups excluding carboxylic acids is 1. The molecule has 1 amide bonds. The average Bonchev–Trinajstić information content (AvgIpc) is 2.63. The Balaban J connectivity index is 2.12. The van der Waals surface area contributed by atoms with Crippen molar-refractivity contribution in [3.63, 3.8) is 0 Å². The van der Waals surface area contributed by atoms with E-state index in [9.17, 15) is 23.1 Å². The van der Waals surface area contributed by atoms with Gasteiger partial charge in [-0.25, -0.2) is 10.7 Å². The zero-order valence-corrected chi connectivity index (χ0v) is 16.2. The number of hydrogen-bond donors (Lipinski definition) is 4. The second-order valence-corrected chi connectivity index (χ2v) is 6.86. The fourth-order valence-electron chi connectivity index (χ4n) is 2.12. The van der Waals surface area contributed by atoms with Gasteiger partial charge in [-0.15, -0.1) is 4.99 Å². The number of benzene rings is 2. The molecule has 0 radical (unpaired) electrons. The average molecular weight is 455 g/mol. The van der Waals surface area contributed by atoms with Crippen LogP contribution in [0.5, 0.6) is 5.75 Å². The zero-order chi connectivity index (χ0) is 21.8. The zero-order valence-electron chi connectivity index (χ0n) is 14.7. The van der Waals surface area contributed by atoms with Gasteiger partial charge in [0, 0.05) is 11.8 Å². The first-order valence-corrected chi connectivity index (χ1v) is 8.59. The highest BCUT2D eigenvalue weighted by Crippen LogP contribution is 2.36. The fourth-order valence-corrected chi connectivity index (χ4v) is 2.40. The predicted octanol–water partition coefficient (Wildman–Crippen LogP) is 4.60. The molecule has 2 rings (SSSR count). The molecule has 0 saturated carbocycles. The van der Waals surface area contributed by atoms with Crippen molar-refractivity contribution in [2.75, 3.05) is 17.4 Å². The minimum absolute atomic E-state index is 0.202. The summed E-state index contributed by atoms with van der Waals surface area (Å²) in [6.45, 7) is 0.612. The fraction of sp³-hybridized carbons (Fsp3) is 0.235. The smallest absolute Gasteiger partial charge is 0.418 e. The van der Waals surface area contributed by atoms with Crippen LogP contribution in [0.1, 0.15) is 12.5 Å². The highest BCUT2D eigenvalue weighted by atomic mass is 35.5. The molecule has 4 N–H and O–H groups in total. The molecule has 0 aliphatic carbocycles. The summed E-state index contributed by atoms with van der Waals surface area (Å²) >= 11 is 11.6. The molecule has 0 aliphatic rings. The van der Waals surface area contributed by atoms with Crippen molar-refractivity contribution < 1.29 is 38.1 Å². The maximum Gasteiger partial charge on any atom is 0.418 e. The van der Waals surface area contributed by atoms with E-state index in [1.165, 1.54) is 18.2 Å². The van der Waals surface area contributed by atoms with E-state index in [1.807, 2.05) is 0 Å². The van der Waals surface area contributed by atoms with Gasteiger partial charge in [-0.2, -0.15) is 13.2 Å². The highest BCUT2D eigenvalue weighted by molar-refractivity contribution is 6.42. The van der Waals surface area contributed by atoms with Gasteiger partial charge in [-0.1, -0.05) is 23.2 Å². The molecule has 1 atom stereocenters. The Bertz CT molecular complexity index is 894. The number of amides is 1. The van der Waals surface area contributed by atoms with E-state index in [0.717, 1.165) is 19.1 Å². The third-order valence-corrected chi connectivity index (χ3v) is 4.38. The number of anilines is 2. The van der Waals surface area contributed by atoms with E-state index < -0.39 is 35.5 Å². The summed E-state index contributed by atoms with van der Waals surface area (Å²) in [4.78, 5) is 15.8. The molecule has 0 bridgehead atoms. The number of halogens is 5. The lowest BCUT2D eigenvalue weighted by atomic mass is 10.1. The van der Waals surface area contributed by atoms with E-state index >= 15 is 0 Å². The van der Waals surface area contributed by atoms with Crippen LogP contribution in [0.25, 0.3) is 0 Å². The summed E-state index contributed by atoms with van der Waals surface area (Å²) in [5.41, 5.74) is -2.45. The lowest BCUT2D eigenvalue weighted by Gasteiger charge is -2.23. The number of ether oxygens (including phenoxy) is 1. The number of nitrogens with one attached hydrogen (secondary N) is 2. The molecule has 0 spiro atoms. The van der Waals surface area contributed by atoms with Crippen molar-refractivity contribution in [2.45, 2.75) is 18.7 Å². The van der Waals surface area contributed by atoms with Crippen LogP contribution in [-0.4, -0.2) is 28.5 Å². The molecule has 29 heavy (non-hydrogen) atoms. The number of carbonyl (C=O) groups is 1. The van der Waals surface area contributed by atoms with E-state index in [0.29, 0.717) is 6.07 Å². The summed E-state index contributed by atoms with van der Waals surface area (Å²) < 4.78 is 44.6. The minimum Gasteiger partial charge on any atom is -0.490 e. The standard InChI is InChI=1S/C17H15Cl2F3N2O5/c1-16(26,8-28-10-3-4-12(18)13(19)7-10)15(25)23-9-2-5-14(24-29-27)11(6-9)17(20,21)22/h2-7,24,26-27H,8H2,1H3,(H,23,25). The van der Waals surface area contributed by atoms with Crippen molar-refractivity contribution in [1.82, 2.24) is 0 Å². The quantitative estimate of drug-likeness (QED) is 0.360. The van der Waals surface area contributed by atoms with Gasteiger partial charge in [0.1, 0.15) is 12.4 Å². The monoisotopic (exact) mass is 454 g/mol. The van der Waals surface area contributed by atoms with Gasteiger partial charge in [-0.05, 0) is 37.3 Å². The molecule has 7 nitrogen and oxygen atoms in total. The number of rotatable bonds is 7. The van der Waals surface area contributed by atoms with E-state index in [4.69, 9.17) is 33.2 Å². The lowest BCUT2D eigenvalue weighted by molar-refractivity contribution is -0.216. The maximum absolute atomic E-state index is 13.1. The second kappa shape index (κ2) is 9.06. The SMILES string of the molecule is CC(O)(COc1ccc(Cl)c(Cl)c1)C(=O)Nc1ccc(NOO)c(C(F)(F)F)c1. The van der Waals surface area contributed by atoms with Crippen LogP contribution < -0.4 is 15.5 Å². The van der Waals surface area contributed by atoms with Gasteiger partial charge in [0.05, 0.1) is 21.3 Å². The predicted molar refractivity (Wildman–Crippen MR) is 100.0 cm³/mol. The van der Waals surface area contributed by atoms with Gasteiger partial charge in [0.2, 0.25) is 0 Å². The Morgan fingerprint density at radius 2 is 1.83 bits per heavy atom. The van der Waals surface area contributed by atoms with Gasteiger partial charge in [-0.3, -0.25) is 4.79 Å². The molecular weight excluding hydrogens is 440 g/mol. The van der Waals surface area contributed by atoms with Crippen LogP contribution in [-0.2, 0) is 16.0 Å². The van der Waals surface area contributed by atoms with Crippen LogP contribution in [0.4, 0.5) is 24.5 Å². The Morgan fingerprint density at radius 3 is 2.41 bits per heavy atom. The van der Waals surface area contributed by atoms with Crippen LogP contribution >= 0.6 is 23.2 Å². The maximum atomic E-state index is 13.1. The molecule has 2 aromatic carbocycles. The van der Waals surface area contributed by atoms with Crippen molar-refractivity contribution in [2.24, 2.45) is 0 Å².